The largest absolute Gasteiger partial charge is 0.491 e. The van der Waals surface area contributed by atoms with Crippen LogP contribution in [0.2, 0.25) is 0 Å². The fourth-order valence-corrected chi connectivity index (χ4v) is 6.35. The average Bonchev–Trinajstić information content (AvgIpc) is 3.65. The fraction of sp³-hybridized carbons (Fsp3) is 0.371. The van der Waals surface area contributed by atoms with Gasteiger partial charge in [0.15, 0.2) is 5.82 Å². The van der Waals surface area contributed by atoms with Crippen molar-refractivity contribution in [2.24, 2.45) is 0 Å². The minimum Gasteiger partial charge on any atom is -0.491 e. The molecule has 0 spiro atoms. The molecule has 1 fully saturated rings. The van der Waals surface area contributed by atoms with Crippen LogP contribution in [0.1, 0.15) is 71.4 Å². The van der Waals surface area contributed by atoms with Crippen molar-refractivity contribution in [3.63, 3.8) is 0 Å². The van der Waals surface area contributed by atoms with E-state index in [1.165, 1.54) is 18.7 Å². The normalized spacial score (nSPS) is 17.0. The summed E-state index contributed by atoms with van der Waals surface area (Å²) in [6, 6.07) is 18.3. The highest BCUT2D eigenvalue weighted by Gasteiger charge is 2.30. The summed E-state index contributed by atoms with van der Waals surface area (Å²) in [5.41, 5.74) is 7.33. The van der Waals surface area contributed by atoms with E-state index in [0.717, 1.165) is 46.7 Å². The highest BCUT2D eigenvalue weighted by atomic mass is 16.5. The van der Waals surface area contributed by atoms with E-state index in [9.17, 15) is 14.7 Å². The predicted molar refractivity (Wildman–Crippen MR) is 171 cm³/mol. The lowest BCUT2D eigenvalue weighted by molar-refractivity contribution is -0.140. The predicted octanol–water partition coefficient (Wildman–Crippen LogP) is 5.36. The van der Waals surface area contributed by atoms with E-state index in [4.69, 9.17) is 14.5 Å². The molecular weight excluding hydrogens is 570 g/mol. The minimum absolute atomic E-state index is 0.0808. The maximum Gasteiger partial charge on any atom is 0.341 e. The Hall–Kier alpha value is -4.70. The van der Waals surface area contributed by atoms with Gasteiger partial charge < -0.3 is 24.8 Å². The van der Waals surface area contributed by atoms with Gasteiger partial charge in [-0.05, 0) is 81.8 Å². The molecule has 1 amide bonds. The van der Waals surface area contributed by atoms with E-state index in [2.05, 4.69) is 41.6 Å². The first-order chi connectivity index (χ1) is 21.7. The molecular formula is C35H39N5O5. The number of carbonyl (C=O) groups is 2. The first-order valence-corrected chi connectivity index (χ1v) is 15.5. The summed E-state index contributed by atoms with van der Waals surface area (Å²) in [5, 5.41) is 17.8. The third-order valence-electron chi connectivity index (χ3n) is 8.77. The maximum atomic E-state index is 12.4. The number of carbonyl (C=O) groups excluding carboxylic acids is 2. The zero-order valence-corrected chi connectivity index (χ0v) is 26.1. The molecule has 234 valence electrons. The van der Waals surface area contributed by atoms with Gasteiger partial charge in [0, 0.05) is 29.9 Å². The number of rotatable bonds is 8. The molecule has 4 heterocycles. The van der Waals surface area contributed by atoms with Crippen molar-refractivity contribution in [3.8, 4) is 22.8 Å². The summed E-state index contributed by atoms with van der Waals surface area (Å²) < 4.78 is 13.0. The maximum absolute atomic E-state index is 12.4. The van der Waals surface area contributed by atoms with Gasteiger partial charge in [0.1, 0.15) is 24.0 Å². The van der Waals surface area contributed by atoms with Crippen LogP contribution in [0, 0.1) is 13.8 Å². The van der Waals surface area contributed by atoms with Crippen molar-refractivity contribution < 1.29 is 24.2 Å². The van der Waals surface area contributed by atoms with Crippen molar-refractivity contribution in [2.75, 3.05) is 31.6 Å². The summed E-state index contributed by atoms with van der Waals surface area (Å²) in [6.07, 6.45) is 2.33. The van der Waals surface area contributed by atoms with E-state index in [1.54, 1.807) is 16.5 Å². The number of amides is 1. The molecule has 2 atom stereocenters. The Morgan fingerprint density at radius 1 is 1.11 bits per heavy atom. The van der Waals surface area contributed by atoms with E-state index < -0.39 is 12.1 Å². The number of anilines is 1. The SMILES string of the molecule is CCOC(=O)c1cnn(-c2cccc(-c3cccc4c3C(Nc3ccc(C5CCN(C(=O)[C@H](C)O)CC5)cc3C)CO4)n2)c1C. The molecule has 2 aromatic carbocycles. The topological polar surface area (TPSA) is 119 Å². The molecule has 0 radical (unpaired) electrons. The molecule has 10 heteroatoms. The van der Waals surface area contributed by atoms with Gasteiger partial charge in [0.2, 0.25) is 0 Å². The molecule has 4 aromatic rings. The number of likely N-dealkylation sites (tertiary alicyclic amines) is 1. The number of hydrogen-bond acceptors (Lipinski definition) is 8. The molecule has 2 aliphatic rings. The molecule has 0 saturated carbocycles. The van der Waals surface area contributed by atoms with Gasteiger partial charge >= 0.3 is 5.97 Å². The number of aromatic nitrogens is 3. The molecule has 2 aromatic heterocycles. The summed E-state index contributed by atoms with van der Waals surface area (Å²) in [6.45, 7) is 9.36. The molecule has 1 unspecified atom stereocenters. The first-order valence-electron chi connectivity index (χ1n) is 15.5. The van der Waals surface area contributed by atoms with Crippen LogP contribution in [0.25, 0.3) is 17.1 Å². The summed E-state index contributed by atoms with van der Waals surface area (Å²) >= 11 is 0. The standard InChI is InChI=1S/C35H39N5O5/c1-5-44-35(43)27-19-36-40(22(27)3)32-11-7-9-29(38-32)26-8-6-10-31-33(26)30(20-45-31)37-28-13-12-25(18-21(28)2)24-14-16-39(17-15-24)34(42)23(4)41/h6-13,18-19,23-24,30,37,41H,5,14-17,20H2,1-4H3/t23-,30?/m0/s1. The highest BCUT2D eigenvalue weighted by molar-refractivity contribution is 5.90. The van der Waals surface area contributed by atoms with Crippen LogP contribution in [0.3, 0.4) is 0 Å². The van der Waals surface area contributed by atoms with Gasteiger partial charge in [-0.1, -0.05) is 30.3 Å². The number of esters is 1. The van der Waals surface area contributed by atoms with Gasteiger partial charge in [-0.15, -0.1) is 0 Å². The number of benzene rings is 2. The summed E-state index contributed by atoms with van der Waals surface area (Å²) in [4.78, 5) is 31.2. The van der Waals surface area contributed by atoms with Gasteiger partial charge in [-0.25, -0.2) is 14.5 Å². The molecule has 2 N–H and O–H groups in total. The third kappa shape index (κ3) is 6.02. The third-order valence-corrected chi connectivity index (χ3v) is 8.77. The quantitative estimate of drug-likeness (QED) is 0.256. The first kappa shape index (κ1) is 30.3. The van der Waals surface area contributed by atoms with Gasteiger partial charge in [0.05, 0.1) is 30.2 Å². The lowest BCUT2D eigenvalue weighted by Crippen LogP contribution is -2.42. The number of pyridine rings is 1. The number of fused-ring (bicyclic) bond motifs is 1. The van der Waals surface area contributed by atoms with Gasteiger partial charge in [0.25, 0.3) is 5.91 Å². The molecule has 2 aliphatic heterocycles. The molecule has 0 bridgehead atoms. The van der Waals surface area contributed by atoms with Crippen molar-refractivity contribution in [2.45, 2.75) is 58.6 Å². The number of hydrogen-bond donors (Lipinski definition) is 2. The van der Waals surface area contributed by atoms with Crippen LogP contribution < -0.4 is 10.1 Å². The number of nitrogens with one attached hydrogen (secondary N) is 1. The average molecular weight is 610 g/mol. The number of aliphatic hydroxyl groups excluding tert-OH is 1. The van der Waals surface area contributed by atoms with Crippen LogP contribution >= 0.6 is 0 Å². The van der Waals surface area contributed by atoms with Crippen LogP contribution in [0.4, 0.5) is 5.69 Å². The fourth-order valence-electron chi connectivity index (χ4n) is 6.35. The van der Waals surface area contributed by atoms with Crippen molar-refractivity contribution in [1.82, 2.24) is 19.7 Å². The molecule has 6 rings (SSSR count). The smallest absolute Gasteiger partial charge is 0.341 e. The zero-order chi connectivity index (χ0) is 31.7. The van der Waals surface area contributed by atoms with Crippen molar-refractivity contribution in [1.29, 1.82) is 0 Å². The van der Waals surface area contributed by atoms with Gasteiger partial charge in [-0.3, -0.25) is 4.79 Å². The number of piperidine rings is 1. The molecule has 0 aliphatic carbocycles. The number of nitrogens with zero attached hydrogens (tertiary/aromatic N) is 4. The van der Waals surface area contributed by atoms with Crippen LogP contribution in [0.5, 0.6) is 5.75 Å². The monoisotopic (exact) mass is 609 g/mol. The second kappa shape index (κ2) is 12.7. The van der Waals surface area contributed by atoms with Crippen molar-refractivity contribution in [3.05, 3.63) is 88.7 Å². The molecule has 45 heavy (non-hydrogen) atoms. The minimum atomic E-state index is -0.953. The van der Waals surface area contributed by atoms with Gasteiger partial charge in [-0.2, -0.15) is 5.10 Å². The highest BCUT2D eigenvalue weighted by Crippen LogP contribution is 2.42. The van der Waals surface area contributed by atoms with E-state index in [1.807, 2.05) is 37.3 Å². The Kier molecular flexibility index (Phi) is 8.58. The Balaban J connectivity index is 1.21. The molecule has 10 nitrogen and oxygen atoms in total. The van der Waals surface area contributed by atoms with Crippen LogP contribution in [-0.2, 0) is 9.53 Å². The number of ether oxygens (including phenoxy) is 2. The van der Waals surface area contributed by atoms with E-state index in [-0.39, 0.29) is 11.9 Å². The van der Waals surface area contributed by atoms with Crippen molar-refractivity contribution >= 4 is 17.6 Å². The summed E-state index contributed by atoms with van der Waals surface area (Å²) in [7, 11) is 0. The van der Waals surface area contributed by atoms with Crippen LogP contribution in [-0.4, -0.2) is 69.1 Å². The Morgan fingerprint density at radius 3 is 2.62 bits per heavy atom. The lowest BCUT2D eigenvalue weighted by atomic mass is 9.88. The molecule has 1 saturated heterocycles. The zero-order valence-electron chi connectivity index (χ0n) is 26.1. The summed E-state index contributed by atoms with van der Waals surface area (Å²) in [5.74, 6) is 1.22. The second-order valence-corrected chi connectivity index (χ2v) is 11.7. The Bertz CT molecular complexity index is 1720. The number of aryl methyl sites for hydroxylation is 1. The Morgan fingerprint density at radius 2 is 1.89 bits per heavy atom. The number of aliphatic hydroxyl groups is 1. The van der Waals surface area contributed by atoms with Crippen LogP contribution in [0.15, 0.2) is 60.8 Å². The van der Waals surface area contributed by atoms with E-state index >= 15 is 0 Å². The van der Waals surface area contributed by atoms with E-state index in [0.29, 0.717) is 49.3 Å². The lowest BCUT2D eigenvalue weighted by Gasteiger charge is -2.33. The second-order valence-electron chi connectivity index (χ2n) is 11.7. The Labute approximate surface area is 263 Å².